The summed E-state index contributed by atoms with van der Waals surface area (Å²) < 4.78 is 45.4. The molecule has 0 amide bonds. The van der Waals surface area contributed by atoms with Crippen molar-refractivity contribution in [2.45, 2.75) is 77.1 Å². The molecule has 3 aromatic rings. The molecule has 0 unspecified atom stereocenters. The maximum atomic E-state index is 14.3. The molecule has 36 heavy (non-hydrogen) atoms. The average molecular weight is 501 g/mol. The molecule has 1 N–H and O–H groups in total. The Bertz CT molecular complexity index is 1270. The van der Waals surface area contributed by atoms with Gasteiger partial charge in [-0.2, -0.15) is 13.2 Å². The number of carbonyl (C=O) groups is 1. The van der Waals surface area contributed by atoms with Gasteiger partial charge in [0.05, 0.1) is 17.8 Å². The number of carboxylic acid groups (broad SMARTS) is 1. The Morgan fingerprint density at radius 1 is 1.03 bits per heavy atom. The van der Waals surface area contributed by atoms with Gasteiger partial charge in [0, 0.05) is 6.04 Å². The van der Waals surface area contributed by atoms with Gasteiger partial charge in [0.25, 0.3) is 0 Å². The third kappa shape index (κ3) is 5.27. The van der Waals surface area contributed by atoms with Crippen LogP contribution in [-0.2, 0) is 19.1 Å². The first-order valence-corrected chi connectivity index (χ1v) is 12.5. The van der Waals surface area contributed by atoms with Gasteiger partial charge in [0.1, 0.15) is 5.69 Å². The zero-order valence-electron chi connectivity index (χ0n) is 20.4. The topological polar surface area (TPSA) is 64.2 Å². The Labute approximate surface area is 208 Å². The van der Waals surface area contributed by atoms with Crippen molar-refractivity contribution in [2.75, 3.05) is 0 Å². The van der Waals surface area contributed by atoms with Crippen LogP contribution in [0.4, 0.5) is 13.2 Å². The van der Waals surface area contributed by atoms with Gasteiger partial charge >= 0.3 is 17.8 Å². The molecule has 1 aliphatic carbocycles. The second-order valence-electron chi connectivity index (χ2n) is 9.47. The van der Waals surface area contributed by atoms with Gasteiger partial charge in [-0.05, 0) is 48.4 Å². The summed E-state index contributed by atoms with van der Waals surface area (Å²) in [7, 11) is 0. The van der Waals surface area contributed by atoms with E-state index in [9.17, 15) is 27.9 Å². The van der Waals surface area contributed by atoms with Crippen molar-refractivity contribution in [2.24, 2.45) is 0 Å². The molecule has 0 atom stereocenters. The lowest BCUT2D eigenvalue weighted by atomic mass is 9.95. The fraction of sp³-hybridized carbons (Fsp3) is 0.429. The highest BCUT2D eigenvalue weighted by molar-refractivity contribution is 5.95. The summed E-state index contributed by atoms with van der Waals surface area (Å²) in [6.45, 7) is 1.95. The lowest BCUT2D eigenvalue weighted by Crippen LogP contribution is -2.31. The van der Waals surface area contributed by atoms with Crippen molar-refractivity contribution in [3.63, 3.8) is 0 Å². The van der Waals surface area contributed by atoms with Gasteiger partial charge in [-0.15, -0.1) is 0 Å². The number of aromatic carboxylic acids is 1. The van der Waals surface area contributed by atoms with Crippen LogP contribution in [0.1, 0.15) is 85.2 Å². The predicted molar refractivity (Wildman–Crippen MR) is 132 cm³/mol. The zero-order valence-corrected chi connectivity index (χ0v) is 20.4. The number of hydrogen-bond donors (Lipinski definition) is 1. The Hall–Kier alpha value is -3.29. The molecule has 0 aliphatic heterocycles. The molecule has 4 rings (SSSR count). The molecule has 1 fully saturated rings. The van der Waals surface area contributed by atoms with Crippen molar-refractivity contribution in [1.82, 2.24) is 9.13 Å². The normalized spacial score (nSPS) is 14.8. The van der Waals surface area contributed by atoms with E-state index < -0.39 is 29.6 Å². The standard InChI is InChI=1S/C28H31F3N2O3/c1-2-3-13-24-25(28(29,30)31)33(21-9-5-4-6-10-21)27(36)32(24)18-19-14-16-20(17-15-19)22-11-7-8-12-23(22)26(34)35/h7-8,11-12,14-17,21H,2-6,9-10,13,18H2,1H3,(H,34,35). The Kier molecular flexibility index (Phi) is 7.71. The molecule has 5 nitrogen and oxygen atoms in total. The van der Waals surface area contributed by atoms with E-state index in [0.29, 0.717) is 36.0 Å². The zero-order chi connectivity index (χ0) is 25.9. The fourth-order valence-corrected chi connectivity index (χ4v) is 5.24. The Morgan fingerprint density at radius 3 is 2.31 bits per heavy atom. The second kappa shape index (κ2) is 10.8. The average Bonchev–Trinajstić information content (AvgIpc) is 3.15. The highest BCUT2D eigenvalue weighted by atomic mass is 19.4. The van der Waals surface area contributed by atoms with Crippen LogP contribution in [0, 0.1) is 0 Å². The smallest absolute Gasteiger partial charge is 0.433 e. The minimum atomic E-state index is -4.62. The minimum absolute atomic E-state index is 0.0293. The molecule has 0 radical (unpaired) electrons. The summed E-state index contributed by atoms with van der Waals surface area (Å²) in [6.07, 6.45) is 0.634. The Balaban J connectivity index is 1.75. The lowest BCUT2D eigenvalue weighted by molar-refractivity contribution is -0.145. The number of hydrogen-bond acceptors (Lipinski definition) is 2. The minimum Gasteiger partial charge on any atom is -0.478 e. The molecular weight excluding hydrogens is 469 g/mol. The van der Waals surface area contributed by atoms with Gasteiger partial charge in [-0.3, -0.25) is 9.13 Å². The van der Waals surface area contributed by atoms with Crippen molar-refractivity contribution in [3.8, 4) is 11.1 Å². The van der Waals surface area contributed by atoms with Gasteiger partial charge in [0.15, 0.2) is 0 Å². The quantitative estimate of drug-likeness (QED) is 0.365. The number of alkyl halides is 3. The van der Waals surface area contributed by atoms with Crippen LogP contribution in [0.15, 0.2) is 53.3 Å². The highest BCUT2D eigenvalue weighted by Gasteiger charge is 2.42. The fourth-order valence-electron chi connectivity index (χ4n) is 5.24. The van der Waals surface area contributed by atoms with Gasteiger partial charge in [-0.1, -0.05) is 75.1 Å². The van der Waals surface area contributed by atoms with Crippen LogP contribution in [-0.4, -0.2) is 20.2 Å². The number of rotatable bonds is 8. The summed E-state index contributed by atoms with van der Waals surface area (Å²) in [5, 5.41) is 9.48. The van der Waals surface area contributed by atoms with Crippen LogP contribution >= 0.6 is 0 Å². The van der Waals surface area contributed by atoms with E-state index in [0.717, 1.165) is 30.3 Å². The SMILES string of the molecule is CCCCc1c(C(F)(F)F)n(C2CCCCC2)c(=O)n1Cc1ccc(-c2ccccc2C(=O)O)cc1. The van der Waals surface area contributed by atoms with E-state index in [4.69, 9.17) is 0 Å². The molecular formula is C28H31F3N2O3. The number of imidazole rings is 1. The number of benzene rings is 2. The number of halogens is 3. The van der Waals surface area contributed by atoms with Crippen LogP contribution < -0.4 is 5.69 Å². The third-order valence-electron chi connectivity index (χ3n) is 7.02. The Morgan fingerprint density at radius 2 is 1.69 bits per heavy atom. The molecule has 8 heteroatoms. The van der Waals surface area contributed by atoms with E-state index >= 15 is 0 Å². The molecule has 2 aromatic carbocycles. The molecule has 1 aromatic heterocycles. The van der Waals surface area contributed by atoms with Crippen molar-refractivity contribution in [3.05, 3.63) is 81.5 Å². The lowest BCUT2D eigenvalue weighted by Gasteiger charge is -2.25. The van der Waals surface area contributed by atoms with Crippen molar-refractivity contribution >= 4 is 5.97 Å². The summed E-state index contributed by atoms with van der Waals surface area (Å²) in [6, 6.07) is 13.2. The molecule has 1 heterocycles. The largest absolute Gasteiger partial charge is 0.478 e. The summed E-state index contributed by atoms with van der Waals surface area (Å²) in [5.41, 5.74) is 0.760. The maximum Gasteiger partial charge on any atom is 0.433 e. The third-order valence-corrected chi connectivity index (χ3v) is 7.02. The molecule has 1 aliphatic rings. The first-order valence-electron chi connectivity index (χ1n) is 12.5. The van der Waals surface area contributed by atoms with Crippen LogP contribution in [0.5, 0.6) is 0 Å². The summed E-state index contributed by atoms with van der Waals surface area (Å²) in [4.78, 5) is 25.1. The number of unbranched alkanes of at least 4 members (excludes halogenated alkanes) is 1. The molecule has 1 saturated carbocycles. The van der Waals surface area contributed by atoms with Gasteiger partial charge in [0.2, 0.25) is 0 Å². The van der Waals surface area contributed by atoms with Crippen LogP contribution in [0.2, 0.25) is 0 Å². The van der Waals surface area contributed by atoms with Crippen LogP contribution in [0.3, 0.4) is 0 Å². The molecule has 192 valence electrons. The highest BCUT2D eigenvalue weighted by Crippen LogP contribution is 2.37. The van der Waals surface area contributed by atoms with E-state index in [1.165, 1.54) is 10.6 Å². The van der Waals surface area contributed by atoms with Gasteiger partial charge in [-0.25, -0.2) is 9.59 Å². The van der Waals surface area contributed by atoms with E-state index in [-0.39, 0.29) is 24.2 Å². The number of aromatic nitrogens is 2. The first kappa shape index (κ1) is 25.8. The first-order chi connectivity index (χ1) is 17.2. The second-order valence-corrected chi connectivity index (χ2v) is 9.47. The van der Waals surface area contributed by atoms with Crippen molar-refractivity contribution in [1.29, 1.82) is 0 Å². The summed E-state index contributed by atoms with van der Waals surface area (Å²) >= 11 is 0. The predicted octanol–water partition coefficient (Wildman–Crippen LogP) is 6.93. The van der Waals surface area contributed by atoms with E-state index in [1.807, 2.05) is 6.92 Å². The van der Waals surface area contributed by atoms with Crippen LogP contribution in [0.25, 0.3) is 11.1 Å². The van der Waals surface area contributed by atoms with E-state index in [2.05, 4.69) is 0 Å². The monoisotopic (exact) mass is 500 g/mol. The van der Waals surface area contributed by atoms with Gasteiger partial charge < -0.3 is 5.11 Å². The maximum absolute atomic E-state index is 14.3. The summed E-state index contributed by atoms with van der Waals surface area (Å²) in [5.74, 6) is -1.04. The van der Waals surface area contributed by atoms with Crippen molar-refractivity contribution < 1.29 is 23.1 Å². The molecule has 0 spiro atoms. The molecule has 0 saturated heterocycles. The number of carboxylic acids is 1. The molecule has 0 bridgehead atoms. The van der Waals surface area contributed by atoms with E-state index in [1.54, 1.807) is 42.5 Å². The number of nitrogens with zero attached hydrogens (tertiary/aromatic N) is 2.